The third-order valence-corrected chi connectivity index (χ3v) is 7.78. The van der Waals surface area contributed by atoms with Crippen molar-refractivity contribution < 1.29 is 29.3 Å². The molecule has 0 saturated carbocycles. The maximum absolute atomic E-state index is 14.0. The molecule has 2 aliphatic rings. The van der Waals surface area contributed by atoms with Gasteiger partial charge in [-0.15, -0.1) is 0 Å². The first kappa shape index (κ1) is 23.7. The number of aromatic amines is 1. The van der Waals surface area contributed by atoms with Gasteiger partial charge in [0.05, 0.1) is 24.6 Å². The zero-order chi connectivity index (χ0) is 26.6. The number of carboxylic acids is 1. The molecule has 3 aromatic carbocycles. The standard InChI is InChI=1S/C29H25N3O6/c1-38-18-12-10-17(11-13-18)32-26(34)23-24(27(32)35)29(28(36)37,31-25(23)20-7-3-5-9-22(20)33)14-16-15-30-21-8-4-2-6-19(16)21/h2-13,15,23-25,30-31,33H,14H2,1H3,(H,36,37)/t23-,24-,25-,29+/m0/s1. The number of anilines is 1. The number of phenolic OH excluding ortho intramolecular Hbond substituents is 1. The second-order valence-corrected chi connectivity index (χ2v) is 9.71. The van der Waals surface area contributed by atoms with E-state index in [9.17, 15) is 24.6 Å². The molecule has 2 saturated heterocycles. The van der Waals surface area contributed by atoms with E-state index in [0.717, 1.165) is 15.8 Å². The van der Waals surface area contributed by atoms with Crippen LogP contribution in [0.15, 0.2) is 79.0 Å². The Hall–Kier alpha value is -4.63. The van der Waals surface area contributed by atoms with Crippen LogP contribution < -0.4 is 15.0 Å². The molecule has 1 aromatic heterocycles. The van der Waals surface area contributed by atoms with Crippen molar-refractivity contribution in [1.29, 1.82) is 0 Å². The molecular weight excluding hydrogens is 486 g/mol. The summed E-state index contributed by atoms with van der Waals surface area (Å²) in [6, 6.07) is 19.5. The van der Waals surface area contributed by atoms with Crippen molar-refractivity contribution in [3.05, 3.63) is 90.1 Å². The average molecular weight is 512 g/mol. The summed E-state index contributed by atoms with van der Waals surface area (Å²) in [5.74, 6) is -4.15. The lowest BCUT2D eigenvalue weighted by molar-refractivity contribution is -0.148. The van der Waals surface area contributed by atoms with Crippen LogP contribution in [0.3, 0.4) is 0 Å². The summed E-state index contributed by atoms with van der Waals surface area (Å²) in [5.41, 5.74) is 0.426. The third-order valence-electron chi connectivity index (χ3n) is 7.78. The fraction of sp³-hybridized carbons (Fsp3) is 0.207. The number of carbonyl (C=O) groups is 3. The number of nitrogens with one attached hydrogen (secondary N) is 2. The smallest absolute Gasteiger partial charge is 0.325 e. The number of aromatic nitrogens is 1. The number of fused-ring (bicyclic) bond motifs is 2. The second kappa shape index (κ2) is 8.74. The number of benzene rings is 3. The van der Waals surface area contributed by atoms with E-state index in [1.807, 2.05) is 24.3 Å². The maximum Gasteiger partial charge on any atom is 0.325 e. The molecule has 38 heavy (non-hydrogen) atoms. The molecule has 0 aliphatic carbocycles. The minimum atomic E-state index is -1.81. The van der Waals surface area contributed by atoms with Crippen LogP contribution in [0.2, 0.25) is 0 Å². The van der Waals surface area contributed by atoms with Gasteiger partial charge in [-0.1, -0.05) is 36.4 Å². The topological polar surface area (TPSA) is 132 Å². The zero-order valence-electron chi connectivity index (χ0n) is 20.4. The molecule has 4 aromatic rings. The lowest BCUT2D eigenvalue weighted by atomic mass is 9.76. The van der Waals surface area contributed by atoms with Gasteiger partial charge < -0.3 is 19.9 Å². The lowest BCUT2D eigenvalue weighted by Crippen LogP contribution is -2.57. The summed E-state index contributed by atoms with van der Waals surface area (Å²) >= 11 is 0. The van der Waals surface area contributed by atoms with Crippen LogP contribution in [0.5, 0.6) is 11.5 Å². The fourth-order valence-electron chi connectivity index (χ4n) is 6.02. The summed E-state index contributed by atoms with van der Waals surface area (Å²) in [6.07, 6.45) is 1.69. The molecule has 0 bridgehead atoms. The Morgan fingerprint density at radius 1 is 1.00 bits per heavy atom. The molecule has 2 amide bonds. The summed E-state index contributed by atoms with van der Waals surface area (Å²) in [5, 5.41) is 25.4. The third kappa shape index (κ3) is 3.39. The molecule has 0 unspecified atom stereocenters. The number of rotatable bonds is 6. The summed E-state index contributed by atoms with van der Waals surface area (Å²) < 4.78 is 5.20. The van der Waals surface area contributed by atoms with Crippen molar-refractivity contribution in [1.82, 2.24) is 10.3 Å². The van der Waals surface area contributed by atoms with Gasteiger partial charge >= 0.3 is 5.97 Å². The lowest BCUT2D eigenvalue weighted by Gasteiger charge is -2.31. The van der Waals surface area contributed by atoms with Gasteiger partial charge in [0.2, 0.25) is 11.8 Å². The van der Waals surface area contributed by atoms with Crippen LogP contribution in [-0.4, -0.2) is 45.6 Å². The monoisotopic (exact) mass is 511 g/mol. The van der Waals surface area contributed by atoms with Crippen LogP contribution in [0.25, 0.3) is 10.9 Å². The van der Waals surface area contributed by atoms with Gasteiger partial charge in [0, 0.05) is 35.1 Å². The molecule has 192 valence electrons. The summed E-state index contributed by atoms with van der Waals surface area (Å²) in [6.45, 7) is 0. The van der Waals surface area contributed by atoms with Gasteiger partial charge in [0.15, 0.2) is 0 Å². The Labute approximate surface area is 217 Å². The molecule has 2 fully saturated rings. The van der Waals surface area contributed by atoms with Crippen molar-refractivity contribution in [2.24, 2.45) is 11.8 Å². The van der Waals surface area contributed by atoms with E-state index in [1.54, 1.807) is 48.7 Å². The molecule has 2 aliphatic heterocycles. The number of nitrogens with zero attached hydrogens (tertiary/aromatic N) is 1. The Morgan fingerprint density at radius 3 is 2.42 bits per heavy atom. The molecule has 4 N–H and O–H groups in total. The van der Waals surface area contributed by atoms with Crippen LogP contribution in [0, 0.1) is 11.8 Å². The van der Waals surface area contributed by atoms with E-state index in [-0.39, 0.29) is 12.2 Å². The minimum Gasteiger partial charge on any atom is -0.508 e. The number of aromatic hydroxyl groups is 1. The van der Waals surface area contributed by atoms with Crippen LogP contribution >= 0.6 is 0 Å². The molecule has 4 atom stereocenters. The maximum atomic E-state index is 14.0. The highest BCUT2D eigenvalue weighted by molar-refractivity contribution is 6.24. The first-order chi connectivity index (χ1) is 18.4. The molecule has 6 rings (SSSR count). The van der Waals surface area contributed by atoms with Gasteiger partial charge in [-0.25, -0.2) is 4.90 Å². The Morgan fingerprint density at radius 2 is 1.71 bits per heavy atom. The number of hydrogen-bond acceptors (Lipinski definition) is 6. The number of para-hydroxylation sites is 2. The molecule has 3 heterocycles. The first-order valence-electron chi connectivity index (χ1n) is 12.2. The van der Waals surface area contributed by atoms with Gasteiger partial charge in [0.25, 0.3) is 0 Å². The number of imide groups is 1. The summed E-state index contributed by atoms with van der Waals surface area (Å²) in [4.78, 5) is 45.3. The number of carboxylic acid groups (broad SMARTS) is 1. The van der Waals surface area contributed by atoms with Gasteiger partial charge in [-0.2, -0.15) is 0 Å². The normalized spacial score (nSPS) is 24.7. The largest absolute Gasteiger partial charge is 0.508 e. The SMILES string of the molecule is COc1ccc(N2C(=O)[C@H]3[C@@H](C2=O)[C@](Cc2c[nH]c4ccccc24)(C(=O)O)N[C@H]3c2ccccc2O)cc1. The quantitative estimate of drug-likeness (QED) is 0.292. The highest BCUT2D eigenvalue weighted by Gasteiger charge is 2.69. The number of carbonyl (C=O) groups excluding carboxylic acids is 2. The summed E-state index contributed by atoms with van der Waals surface area (Å²) in [7, 11) is 1.51. The van der Waals surface area contributed by atoms with E-state index >= 15 is 0 Å². The first-order valence-corrected chi connectivity index (χ1v) is 12.2. The van der Waals surface area contributed by atoms with E-state index in [2.05, 4.69) is 10.3 Å². The Balaban J connectivity index is 1.51. The van der Waals surface area contributed by atoms with E-state index in [0.29, 0.717) is 22.6 Å². The predicted octanol–water partition coefficient (Wildman–Crippen LogP) is 3.40. The molecular formula is C29H25N3O6. The fourth-order valence-corrected chi connectivity index (χ4v) is 6.02. The van der Waals surface area contributed by atoms with Crippen LogP contribution in [0.1, 0.15) is 17.2 Å². The van der Waals surface area contributed by atoms with Crippen LogP contribution in [-0.2, 0) is 20.8 Å². The molecule has 9 heteroatoms. The van der Waals surface area contributed by atoms with Gasteiger partial charge in [0.1, 0.15) is 17.0 Å². The average Bonchev–Trinajstić information content (AvgIpc) is 3.57. The number of amides is 2. The predicted molar refractivity (Wildman–Crippen MR) is 139 cm³/mol. The molecule has 0 spiro atoms. The number of phenols is 1. The Bertz CT molecular complexity index is 1580. The number of hydrogen-bond donors (Lipinski definition) is 4. The van der Waals surface area contributed by atoms with Crippen molar-refractivity contribution in [3.8, 4) is 11.5 Å². The highest BCUT2D eigenvalue weighted by Crippen LogP contribution is 2.52. The number of aliphatic carboxylic acids is 1. The molecule has 9 nitrogen and oxygen atoms in total. The van der Waals surface area contributed by atoms with E-state index in [1.165, 1.54) is 13.2 Å². The minimum absolute atomic E-state index is 0.0485. The Kier molecular flexibility index (Phi) is 5.46. The van der Waals surface area contributed by atoms with Crippen molar-refractivity contribution in [3.63, 3.8) is 0 Å². The van der Waals surface area contributed by atoms with Crippen molar-refractivity contribution >= 4 is 34.4 Å². The second-order valence-electron chi connectivity index (χ2n) is 9.71. The number of methoxy groups -OCH3 is 1. The number of H-pyrrole nitrogens is 1. The van der Waals surface area contributed by atoms with E-state index in [4.69, 9.17) is 4.74 Å². The number of ether oxygens (including phenoxy) is 1. The van der Waals surface area contributed by atoms with Gasteiger partial charge in [-0.3, -0.25) is 19.7 Å². The van der Waals surface area contributed by atoms with Crippen molar-refractivity contribution in [2.75, 3.05) is 12.0 Å². The van der Waals surface area contributed by atoms with E-state index < -0.39 is 41.2 Å². The van der Waals surface area contributed by atoms with Gasteiger partial charge in [-0.05, 0) is 42.0 Å². The molecule has 0 radical (unpaired) electrons. The van der Waals surface area contributed by atoms with Crippen LogP contribution in [0.4, 0.5) is 5.69 Å². The van der Waals surface area contributed by atoms with Crippen molar-refractivity contribution in [2.45, 2.75) is 18.0 Å². The highest BCUT2D eigenvalue weighted by atomic mass is 16.5. The zero-order valence-corrected chi connectivity index (χ0v) is 20.4.